The van der Waals surface area contributed by atoms with Crippen LogP contribution in [-0.2, 0) is 0 Å². The average Bonchev–Trinajstić information content (AvgIpc) is 3.80. The fourth-order valence-corrected chi connectivity index (χ4v) is 7.97. The molecule has 0 N–H and O–H groups in total. The standard InChI is InChI=1S/C49H30N4O/c1-3-15-32(16-4-1)47-50-48(33-17-5-2-6-18-33)52-49(51-47)39-28-27-36(46-45(39)38-22-10-12-25-44(38)54-46)34-26-29-43-40(30-34)37-21-9-11-23-42(37)53(43)41-24-13-19-31-14-7-8-20-35(31)41/h1-30H. The summed E-state index contributed by atoms with van der Waals surface area (Å²) in [4.78, 5) is 15.1. The van der Waals surface area contributed by atoms with Gasteiger partial charge in [0.1, 0.15) is 11.2 Å². The van der Waals surface area contributed by atoms with Crippen molar-refractivity contribution in [1.29, 1.82) is 0 Å². The summed E-state index contributed by atoms with van der Waals surface area (Å²) >= 11 is 0. The normalized spacial score (nSPS) is 11.7. The van der Waals surface area contributed by atoms with Crippen LogP contribution in [0.3, 0.4) is 0 Å². The summed E-state index contributed by atoms with van der Waals surface area (Å²) in [6.45, 7) is 0. The van der Waals surface area contributed by atoms with Gasteiger partial charge in [0.25, 0.3) is 0 Å². The van der Waals surface area contributed by atoms with Crippen LogP contribution in [0.5, 0.6) is 0 Å². The van der Waals surface area contributed by atoms with Crippen molar-refractivity contribution >= 4 is 54.5 Å². The largest absolute Gasteiger partial charge is 0.455 e. The summed E-state index contributed by atoms with van der Waals surface area (Å²) in [7, 11) is 0. The summed E-state index contributed by atoms with van der Waals surface area (Å²) in [6.07, 6.45) is 0. The van der Waals surface area contributed by atoms with Crippen molar-refractivity contribution in [3.63, 3.8) is 0 Å². The molecule has 0 saturated heterocycles. The van der Waals surface area contributed by atoms with Gasteiger partial charge in [-0.15, -0.1) is 0 Å². The van der Waals surface area contributed by atoms with E-state index in [9.17, 15) is 0 Å². The van der Waals surface area contributed by atoms with Crippen molar-refractivity contribution in [2.24, 2.45) is 0 Å². The molecule has 0 unspecified atom stereocenters. The highest BCUT2D eigenvalue weighted by Gasteiger charge is 2.22. The third kappa shape index (κ3) is 4.76. The Morgan fingerprint density at radius 1 is 0.389 bits per heavy atom. The van der Waals surface area contributed by atoms with Gasteiger partial charge in [0, 0.05) is 49.2 Å². The zero-order valence-electron chi connectivity index (χ0n) is 29.0. The van der Waals surface area contributed by atoms with Gasteiger partial charge in [-0.25, -0.2) is 15.0 Å². The topological polar surface area (TPSA) is 56.7 Å². The van der Waals surface area contributed by atoms with E-state index in [-0.39, 0.29) is 0 Å². The molecule has 11 aromatic rings. The van der Waals surface area contributed by atoms with E-state index in [2.05, 4.69) is 114 Å². The minimum absolute atomic E-state index is 0.597. The Bertz CT molecular complexity index is 3150. The van der Waals surface area contributed by atoms with Crippen molar-refractivity contribution in [2.45, 2.75) is 0 Å². The van der Waals surface area contributed by atoms with Gasteiger partial charge in [-0.2, -0.15) is 0 Å². The fraction of sp³-hybridized carbons (Fsp3) is 0. The van der Waals surface area contributed by atoms with Crippen LogP contribution in [0.15, 0.2) is 186 Å². The molecule has 3 heterocycles. The Morgan fingerprint density at radius 2 is 0.981 bits per heavy atom. The Morgan fingerprint density at radius 3 is 1.76 bits per heavy atom. The Kier molecular flexibility index (Phi) is 6.79. The molecule has 5 nitrogen and oxygen atoms in total. The van der Waals surface area contributed by atoms with Gasteiger partial charge >= 0.3 is 0 Å². The first-order valence-electron chi connectivity index (χ1n) is 18.1. The van der Waals surface area contributed by atoms with Gasteiger partial charge in [0.2, 0.25) is 0 Å². The smallest absolute Gasteiger partial charge is 0.164 e. The Labute approximate surface area is 310 Å². The second-order valence-electron chi connectivity index (χ2n) is 13.6. The molecule has 0 amide bonds. The predicted molar refractivity (Wildman–Crippen MR) is 221 cm³/mol. The molecule has 0 spiro atoms. The van der Waals surface area contributed by atoms with Crippen LogP contribution >= 0.6 is 0 Å². The highest BCUT2D eigenvalue weighted by atomic mass is 16.3. The number of fused-ring (bicyclic) bond motifs is 7. The number of furan rings is 1. The van der Waals surface area contributed by atoms with E-state index in [0.717, 1.165) is 61.0 Å². The Balaban J connectivity index is 1.15. The third-order valence-electron chi connectivity index (χ3n) is 10.5. The maximum absolute atomic E-state index is 6.78. The third-order valence-corrected chi connectivity index (χ3v) is 10.5. The molecule has 0 saturated carbocycles. The lowest BCUT2D eigenvalue weighted by Crippen LogP contribution is -2.00. The van der Waals surface area contributed by atoms with E-state index in [1.165, 1.54) is 27.1 Å². The second-order valence-corrected chi connectivity index (χ2v) is 13.6. The molecule has 0 aliphatic rings. The monoisotopic (exact) mass is 690 g/mol. The van der Waals surface area contributed by atoms with E-state index in [4.69, 9.17) is 19.4 Å². The molecule has 0 radical (unpaired) electrons. The lowest BCUT2D eigenvalue weighted by Gasteiger charge is -2.12. The zero-order chi connectivity index (χ0) is 35.6. The van der Waals surface area contributed by atoms with Crippen molar-refractivity contribution in [3.8, 4) is 51.0 Å². The van der Waals surface area contributed by atoms with E-state index in [0.29, 0.717) is 17.5 Å². The second kappa shape index (κ2) is 12.1. The van der Waals surface area contributed by atoms with Gasteiger partial charge in [-0.1, -0.05) is 140 Å². The van der Waals surface area contributed by atoms with Gasteiger partial charge in [-0.3, -0.25) is 0 Å². The zero-order valence-corrected chi connectivity index (χ0v) is 29.0. The number of benzene rings is 8. The van der Waals surface area contributed by atoms with E-state index in [1.54, 1.807) is 0 Å². The van der Waals surface area contributed by atoms with Gasteiger partial charge < -0.3 is 8.98 Å². The molecule has 0 fully saturated rings. The summed E-state index contributed by atoms with van der Waals surface area (Å²) in [5, 5.41) is 6.81. The van der Waals surface area contributed by atoms with Crippen LogP contribution in [0, 0.1) is 0 Å². The number of nitrogens with zero attached hydrogens (tertiary/aromatic N) is 4. The average molecular weight is 691 g/mol. The lowest BCUT2D eigenvalue weighted by molar-refractivity contribution is 0.670. The van der Waals surface area contributed by atoms with Gasteiger partial charge in [0.05, 0.1) is 16.7 Å². The van der Waals surface area contributed by atoms with Crippen LogP contribution in [0.4, 0.5) is 0 Å². The molecule has 8 aromatic carbocycles. The molecule has 0 aliphatic heterocycles. The molecule has 252 valence electrons. The van der Waals surface area contributed by atoms with Gasteiger partial charge in [-0.05, 0) is 53.4 Å². The molecule has 3 aromatic heterocycles. The highest BCUT2D eigenvalue weighted by molar-refractivity contribution is 6.17. The maximum atomic E-state index is 6.78. The van der Waals surface area contributed by atoms with E-state index in [1.807, 2.05) is 72.8 Å². The van der Waals surface area contributed by atoms with Crippen molar-refractivity contribution in [2.75, 3.05) is 0 Å². The van der Waals surface area contributed by atoms with Crippen molar-refractivity contribution in [3.05, 3.63) is 182 Å². The van der Waals surface area contributed by atoms with Crippen LogP contribution in [-0.4, -0.2) is 19.5 Å². The molecule has 54 heavy (non-hydrogen) atoms. The highest BCUT2D eigenvalue weighted by Crippen LogP contribution is 2.43. The van der Waals surface area contributed by atoms with E-state index >= 15 is 0 Å². The van der Waals surface area contributed by atoms with Crippen LogP contribution in [0.1, 0.15) is 0 Å². The summed E-state index contributed by atoms with van der Waals surface area (Å²) in [5.74, 6) is 1.84. The molecule has 0 bridgehead atoms. The van der Waals surface area contributed by atoms with Crippen molar-refractivity contribution in [1.82, 2.24) is 19.5 Å². The quantitative estimate of drug-likeness (QED) is 0.180. The molecular formula is C49H30N4O. The number of hydrogen-bond acceptors (Lipinski definition) is 4. The first-order chi connectivity index (χ1) is 26.8. The lowest BCUT2D eigenvalue weighted by atomic mass is 9.97. The first kappa shape index (κ1) is 30.3. The van der Waals surface area contributed by atoms with Crippen LogP contribution < -0.4 is 0 Å². The molecular weight excluding hydrogens is 661 g/mol. The van der Waals surface area contributed by atoms with Gasteiger partial charge in [0.15, 0.2) is 17.5 Å². The fourth-order valence-electron chi connectivity index (χ4n) is 7.97. The maximum Gasteiger partial charge on any atom is 0.164 e. The Hall–Kier alpha value is -7.37. The number of rotatable bonds is 5. The van der Waals surface area contributed by atoms with Crippen molar-refractivity contribution < 1.29 is 4.42 Å². The number of hydrogen-bond donors (Lipinski definition) is 0. The summed E-state index contributed by atoms with van der Waals surface area (Å²) < 4.78 is 9.17. The number of aromatic nitrogens is 4. The van der Waals surface area contributed by atoms with Crippen LogP contribution in [0.25, 0.3) is 105 Å². The molecule has 5 heteroatoms. The minimum atomic E-state index is 0.597. The number of para-hydroxylation sites is 2. The van der Waals surface area contributed by atoms with E-state index < -0.39 is 0 Å². The summed E-state index contributed by atoms with van der Waals surface area (Å²) in [5.41, 5.74) is 9.94. The predicted octanol–water partition coefficient (Wildman–Crippen LogP) is 12.7. The SMILES string of the molecule is c1ccc(-c2nc(-c3ccccc3)nc(-c3ccc(-c4ccc5c(c4)c4ccccc4n5-c4cccc5ccccc45)c4oc5ccccc5c34)n2)cc1. The summed E-state index contributed by atoms with van der Waals surface area (Å²) in [6, 6.07) is 63.3. The molecule has 0 aliphatic carbocycles. The van der Waals surface area contributed by atoms with Crippen LogP contribution in [0.2, 0.25) is 0 Å². The minimum Gasteiger partial charge on any atom is -0.455 e. The first-order valence-corrected chi connectivity index (χ1v) is 18.1. The molecule has 0 atom stereocenters. The molecule has 11 rings (SSSR count).